The van der Waals surface area contributed by atoms with Crippen molar-refractivity contribution in [2.24, 2.45) is 0 Å². The molecule has 1 N–H and O–H groups in total. The molecule has 0 bridgehead atoms. The van der Waals surface area contributed by atoms with Crippen molar-refractivity contribution in [2.45, 2.75) is 29.5 Å². The highest BCUT2D eigenvalue weighted by Gasteiger charge is 2.65. The third-order valence-corrected chi connectivity index (χ3v) is 7.34. The fourth-order valence-electron chi connectivity index (χ4n) is 4.06. The van der Waals surface area contributed by atoms with Crippen molar-refractivity contribution in [2.75, 3.05) is 30.9 Å². The van der Waals surface area contributed by atoms with E-state index < -0.39 is 27.1 Å². The highest BCUT2D eigenvalue weighted by Crippen LogP contribution is 3.02. The van der Waals surface area contributed by atoms with Crippen molar-refractivity contribution in [3.05, 3.63) is 78.9 Å². The van der Waals surface area contributed by atoms with Gasteiger partial charge in [0.05, 0.1) is 30.6 Å². The lowest BCUT2D eigenvalue weighted by molar-refractivity contribution is -0.117. The van der Waals surface area contributed by atoms with Gasteiger partial charge in [0, 0.05) is 50.4 Å². The van der Waals surface area contributed by atoms with Crippen LogP contribution in [-0.4, -0.2) is 59.9 Å². The Balaban J connectivity index is 0.000000352. The number of nitrogens with zero attached hydrogens (tertiary/aromatic N) is 5. The fourth-order valence-corrected chi connectivity index (χ4v) is 4.71. The quantitative estimate of drug-likeness (QED) is 0.200. The van der Waals surface area contributed by atoms with E-state index in [2.05, 4.69) is 15.3 Å². The molecule has 0 spiro atoms. The number of rotatable bonds is 8. The molecule has 2 aromatic heterocycles. The molecule has 0 saturated carbocycles. The highest BCUT2D eigenvalue weighted by molar-refractivity contribution is 8.45. The first-order chi connectivity index (χ1) is 19.2. The lowest BCUT2D eigenvalue weighted by Crippen LogP contribution is -2.35. The minimum atomic E-state index is -9.78. The first kappa shape index (κ1) is 31.2. The first-order valence-electron chi connectivity index (χ1n) is 12.0. The topological polar surface area (TPSA) is 111 Å². The second-order valence-corrected chi connectivity index (χ2v) is 11.5. The Morgan fingerprint density at radius 3 is 2.22 bits per heavy atom. The van der Waals surface area contributed by atoms with Crippen LogP contribution in [0.25, 0.3) is 0 Å². The van der Waals surface area contributed by atoms with Gasteiger partial charge in [-0.25, -0.2) is 0 Å². The number of amides is 1. The van der Waals surface area contributed by atoms with Gasteiger partial charge in [0.2, 0.25) is 0 Å². The molecule has 0 aliphatic carbocycles. The second-order valence-electron chi connectivity index (χ2n) is 9.04. The van der Waals surface area contributed by atoms with Gasteiger partial charge in [0.25, 0.3) is 5.91 Å². The Morgan fingerprint density at radius 1 is 1.12 bits per heavy atom. The molecule has 1 aliphatic rings. The molecule has 3 aromatic rings. The summed E-state index contributed by atoms with van der Waals surface area (Å²) in [5, 5.41) is 11.2. The number of nitriles is 1. The molecule has 4 rings (SSSR count). The van der Waals surface area contributed by atoms with E-state index in [9.17, 15) is 29.0 Å². The zero-order chi connectivity index (χ0) is 30.3. The van der Waals surface area contributed by atoms with Gasteiger partial charge >= 0.3 is 10.2 Å². The Bertz CT molecular complexity index is 1380. The molecule has 3 atom stereocenters. The van der Waals surface area contributed by atoms with Gasteiger partial charge in [0.15, 0.2) is 6.19 Å². The van der Waals surface area contributed by atoms with E-state index in [1.165, 1.54) is 41.6 Å². The SMILES string of the molecule is CN(c1ccc(S(F)(F)(F)(F)F)cc1)C(C(=O)Nc1cccnc1)c1cccnc1.COC1CC(C=O)N(C#N)C1. The number of nitrogens with one attached hydrogen (secondary N) is 1. The van der Waals surface area contributed by atoms with Crippen LogP contribution in [0.1, 0.15) is 18.0 Å². The number of ether oxygens (including phenoxy) is 1. The van der Waals surface area contributed by atoms with Gasteiger partial charge < -0.3 is 19.7 Å². The predicted molar refractivity (Wildman–Crippen MR) is 144 cm³/mol. The van der Waals surface area contributed by atoms with Gasteiger partial charge in [-0.05, 0) is 42.5 Å². The maximum atomic E-state index is 13.0. The Kier molecular flexibility index (Phi) is 8.89. The van der Waals surface area contributed by atoms with E-state index in [4.69, 9.17) is 10.00 Å². The van der Waals surface area contributed by atoms with Crippen LogP contribution < -0.4 is 10.2 Å². The number of pyridine rings is 2. The summed E-state index contributed by atoms with van der Waals surface area (Å²) in [5.41, 5.74) is 1.01. The number of likely N-dealkylation sites (tertiary alicyclic amines) is 1. The van der Waals surface area contributed by atoms with E-state index in [0.717, 1.165) is 18.4 Å². The summed E-state index contributed by atoms with van der Waals surface area (Å²) in [6.07, 6.45) is 9.31. The van der Waals surface area contributed by atoms with E-state index in [0.29, 0.717) is 36.3 Å². The summed E-state index contributed by atoms with van der Waals surface area (Å²) in [4.78, 5) is 32.0. The van der Waals surface area contributed by atoms with Crippen LogP contribution in [-0.2, 0) is 14.3 Å². The van der Waals surface area contributed by atoms with Crippen LogP contribution in [0.5, 0.6) is 0 Å². The largest absolute Gasteiger partial charge is 0.379 e. The lowest BCUT2D eigenvalue weighted by Gasteiger charge is -2.40. The number of benzene rings is 1. The first-order valence-corrected chi connectivity index (χ1v) is 13.9. The van der Waals surface area contributed by atoms with Gasteiger partial charge in [-0.3, -0.25) is 19.7 Å². The molecule has 1 aromatic carbocycles. The van der Waals surface area contributed by atoms with E-state index >= 15 is 0 Å². The van der Waals surface area contributed by atoms with Crippen molar-refractivity contribution >= 4 is 33.8 Å². The van der Waals surface area contributed by atoms with Crippen LogP contribution in [0, 0.1) is 11.5 Å². The van der Waals surface area contributed by atoms with Crippen LogP contribution >= 0.6 is 10.2 Å². The molecular weight excluding hydrogens is 571 g/mol. The molecule has 1 amide bonds. The third kappa shape index (κ3) is 8.35. The number of likely N-dealkylation sites (N-methyl/N-ethyl adjacent to an activating group) is 1. The van der Waals surface area contributed by atoms with Crippen molar-refractivity contribution in [3.63, 3.8) is 0 Å². The summed E-state index contributed by atoms with van der Waals surface area (Å²) in [7, 11) is -6.72. The smallest absolute Gasteiger partial charge is 0.310 e. The highest BCUT2D eigenvalue weighted by atomic mass is 32.5. The minimum Gasteiger partial charge on any atom is -0.379 e. The zero-order valence-electron chi connectivity index (χ0n) is 21.9. The minimum absolute atomic E-state index is 0.0323. The molecule has 220 valence electrons. The summed E-state index contributed by atoms with van der Waals surface area (Å²) in [5.74, 6) is -0.504. The van der Waals surface area contributed by atoms with Crippen LogP contribution in [0.15, 0.2) is 78.2 Å². The fraction of sp³-hybridized carbons (Fsp3) is 0.269. The number of carbonyl (C=O) groups excluding carboxylic acids is 2. The zero-order valence-corrected chi connectivity index (χ0v) is 22.7. The Labute approximate surface area is 233 Å². The molecule has 41 heavy (non-hydrogen) atoms. The number of anilines is 2. The lowest BCUT2D eigenvalue weighted by atomic mass is 10.1. The number of hydrogen-bond donors (Lipinski definition) is 1. The molecule has 3 unspecified atom stereocenters. The number of carbonyl (C=O) groups is 2. The Hall–Kier alpha value is -4.29. The molecule has 9 nitrogen and oxygen atoms in total. The van der Waals surface area contributed by atoms with Crippen molar-refractivity contribution < 1.29 is 33.8 Å². The maximum Gasteiger partial charge on any atom is 0.310 e. The number of halogens is 5. The maximum absolute atomic E-state index is 13.0. The van der Waals surface area contributed by atoms with Gasteiger partial charge in [-0.15, -0.1) is 0 Å². The number of aromatic nitrogens is 2. The summed E-state index contributed by atoms with van der Waals surface area (Å²) >= 11 is 0. The van der Waals surface area contributed by atoms with Crippen LogP contribution in [0.3, 0.4) is 0 Å². The summed E-state index contributed by atoms with van der Waals surface area (Å²) in [6.45, 7) is 0.538. The predicted octanol–water partition coefficient (Wildman–Crippen LogP) is 5.71. The molecular formula is C26H27F5N6O3S. The van der Waals surface area contributed by atoms with Crippen molar-refractivity contribution in [3.8, 4) is 6.19 Å². The van der Waals surface area contributed by atoms with Gasteiger partial charge in [0.1, 0.15) is 17.2 Å². The Morgan fingerprint density at radius 2 is 1.76 bits per heavy atom. The molecule has 0 radical (unpaired) electrons. The normalized spacial score (nSPS) is 18.9. The average Bonchev–Trinajstić information content (AvgIpc) is 3.36. The van der Waals surface area contributed by atoms with Crippen LogP contribution in [0.4, 0.5) is 30.8 Å². The molecule has 15 heteroatoms. The van der Waals surface area contributed by atoms with E-state index in [1.54, 1.807) is 31.4 Å². The third-order valence-electron chi connectivity index (χ3n) is 6.18. The van der Waals surface area contributed by atoms with E-state index in [-0.39, 0.29) is 17.8 Å². The van der Waals surface area contributed by atoms with Crippen molar-refractivity contribution in [1.82, 2.24) is 14.9 Å². The average molecular weight is 599 g/mol. The van der Waals surface area contributed by atoms with Gasteiger partial charge in [-0.1, -0.05) is 25.5 Å². The monoisotopic (exact) mass is 598 g/mol. The number of aldehydes is 1. The van der Waals surface area contributed by atoms with Crippen molar-refractivity contribution in [1.29, 1.82) is 5.26 Å². The molecule has 3 heterocycles. The number of methoxy groups -OCH3 is 1. The molecule has 1 aliphatic heterocycles. The molecule has 1 saturated heterocycles. The number of hydrogen-bond acceptors (Lipinski definition) is 8. The summed E-state index contributed by atoms with van der Waals surface area (Å²) < 4.78 is 69.9. The van der Waals surface area contributed by atoms with Crippen LogP contribution in [0.2, 0.25) is 0 Å². The second kappa shape index (κ2) is 11.7. The molecule has 1 fully saturated rings. The van der Waals surface area contributed by atoms with E-state index in [1.807, 2.05) is 6.19 Å². The standard InChI is InChI=1S/C19H17F5N4OS.C7H10N2O2/c1-28(16-6-8-17(9-7-16)30(20,21,22,23)24)18(14-4-2-10-25-12-14)19(29)27-15-5-3-11-26-13-15;1-11-7-2-6(4-10)9(3-7)5-8/h2-13,18H,1H3,(H,27,29);4,6-7H,2-3H2,1H3. The van der Waals surface area contributed by atoms with Gasteiger partial charge in [-0.2, -0.15) is 5.26 Å². The summed E-state index contributed by atoms with van der Waals surface area (Å²) in [6, 6.07) is 7.62.